The van der Waals surface area contributed by atoms with Crippen LogP contribution in [0, 0.1) is 0 Å². The zero-order valence-electron chi connectivity index (χ0n) is 17.8. The third-order valence-corrected chi connectivity index (χ3v) is 5.78. The number of likely N-dealkylation sites (tertiary alicyclic amines) is 1. The number of hydrogen-bond donors (Lipinski definition) is 2. The lowest BCUT2D eigenvalue weighted by Crippen LogP contribution is -2.55. The summed E-state index contributed by atoms with van der Waals surface area (Å²) in [6, 6.07) is 16.2. The lowest BCUT2D eigenvalue weighted by molar-refractivity contribution is -0.125. The van der Waals surface area contributed by atoms with Crippen LogP contribution in [0.4, 0.5) is 11.5 Å². The SMILES string of the molecule is COc1cccc(Nc2ncccc2C(=O)N2CCC[C@](C(N)=O)(c3ccccn3)C2)c1. The fraction of sp³-hybridized carbons (Fsp3) is 0.250. The monoisotopic (exact) mass is 431 g/mol. The molecule has 1 fully saturated rings. The molecular formula is C24H25N5O3. The van der Waals surface area contributed by atoms with Gasteiger partial charge in [-0.3, -0.25) is 14.6 Å². The number of piperidine rings is 1. The van der Waals surface area contributed by atoms with E-state index in [0.717, 1.165) is 5.69 Å². The Morgan fingerprint density at radius 3 is 2.69 bits per heavy atom. The van der Waals surface area contributed by atoms with Crippen molar-refractivity contribution >= 4 is 23.3 Å². The Bertz CT molecular complexity index is 1120. The lowest BCUT2D eigenvalue weighted by Gasteiger charge is -2.40. The molecule has 4 rings (SSSR count). The predicted molar refractivity (Wildman–Crippen MR) is 121 cm³/mol. The second-order valence-corrected chi connectivity index (χ2v) is 7.75. The van der Waals surface area contributed by atoms with Crippen molar-refractivity contribution in [1.29, 1.82) is 0 Å². The Balaban J connectivity index is 1.62. The van der Waals surface area contributed by atoms with E-state index >= 15 is 0 Å². The topological polar surface area (TPSA) is 110 Å². The second kappa shape index (κ2) is 9.05. The number of nitrogens with two attached hydrogens (primary N) is 1. The third-order valence-electron chi connectivity index (χ3n) is 5.78. The molecule has 8 heteroatoms. The van der Waals surface area contributed by atoms with Gasteiger partial charge < -0.3 is 20.7 Å². The molecule has 3 heterocycles. The van der Waals surface area contributed by atoms with Crippen molar-refractivity contribution in [3.8, 4) is 5.75 Å². The van der Waals surface area contributed by atoms with Crippen LogP contribution in [0.5, 0.6) is 5.75 Å². The first-order valence-electron chi connectivity index (χ1n) is 10.4. The zero-order chi connectivity index (χ0) is 22.6. The van der Waals surface area contributed by atoms with Crippen molar-refractivity contribution in [1.82, 2.24) is 14.9 Å². The van der Waals surface area contributed by atoms with Gasteiger partial charge in [0.1, 0.15) is 17.0 Å². The van der Waals surface area contributed by atoms with Crippen LogP contribution in [0.3, 0.4) is 0 Å². The van der Waals surface area contributed by atoms with Crippen LogP contribution in [0.25, 0.3) is 0 Å². The molecule has 1 aliphatic rings. The Morgan fingerprint density at radius 2 is 1.94 bits per heavy atom. The molecule has 32 heavy (non-hydrogen) atoms. The summed E-state index contributed by atoms with van der Waals surface area (Å²) in [6.45, 7) is 0.694. The number of amides is 2. The molecule has 2 amide bonds. The van der Waals surface area contributed by atoms with E-state index in [0.29, 0.717) is 42.2 Å². The molecule has 3 N–H and O–H groups in total. The molecule has 164 valence electrons. The maximum Gasteiger partial charge on any atom is 0.257 e. The van der Waals surface area contributed by atoms with Crippen molar-refractivity contribution in [2.24, 2.45) is 5.73 Å². The molecule has 1 aromatic carbocycles. The number of primary amides is 1. The van der Waals surface area contributed by atoms with E-state index < -0.39 is 11.3 Å². The van der Waals surface area contributed by atoms with Crippen LogP contribution in [0.1, 0.15) is 28.9 Å². The maximum atomic E-state index is 13.5. The van der Waals surface area contributed by atoms with Gasteiger partial charge in [-0.05, 0) is 49.2 Å². The summed E-state index contributed by atoms with van der Waals surface area (Å²) in [6.07, 6.45) is 4.45. The van der Waals surface area contributed by atoms with E-state index in [1.165, 1.54) is 0 Å². The number of carbonyl (C=O) groups is 2. The summed E-state index contributed by atoms with van der Waals surface area (Å²) in [5, 5.41) is 3.20. The van der Waals surface area contributed by atoms with Gasteiger partial charge in [0.2, 0.25) is 5.91 Å². The van der Waals surface area contributed by atoms with Crippen LogP contribution < -0.4 is 15.8 Å². The number of hydrogen-bond acceptors (Lipinski definition) is 6. The van der Waals surface area contributed by atoms with Crippen LogP contribution in [0.2, 0.25) is 0 Å². The Morgan fingerprint density at radius 1 is 1.09 bits per heavy atom. The van der Waals surface area contributed by atoms with Gasteiger partial charge in [0.15, 0.2) is 0 Å². The van der Waals surface area contributed by atoms with Gasteiger partial charge >= 0.3 is 0 Å². The van der Waals surface area contributed by atoms with E-state index in [9.17, 15) is 9.59 Å². The second-order valence-electron chi connectivity index (χ2n) is 7.75. The summed E-state index contributed by atoms with van der Waals surface area (Å²) in [7, 11) is 1.60. The molecule has 0 spiro atoms. The number of nitrogens with zero attached hydrogens (tertiary/aromatic N) is 3. The summed E-state index contributed by atoms with van der Waals surface area (Å²) in [4.78, 5) is 36.5. The number of ether oxygens (including phenoxy) is 1. The number of rotatable bonds is 6. The molecule has 1 aliphatic heterocycles. The molecular weight excluding hydrogens is 406 g/mol. The van der Waals surface area contributed by atoms with Crippen molar-refractivity contribution in [2.75, 3.05) is 25.5 Å². The van der Waals surface area contributed by atoms with Gasteiger partial charge in [0.25, 0.3) is 5.91 Å². The molecule has 0 unspecified atom stereocenters. The molecule has 0 radical (unpaired) electrons. The summed E-state index contributed by atoms with van der Waals surface area (Å²) in [5.41, 5.74) is 6.57. The van der Waals surface area contributed by atoms with E-state index in [-0.39, 0.29) is 12.5 Å². The smallest absolute Gasteiger partial charge is 0.257 e. The first-order valence-corrected chi connectivity index (χ1v) is 10.4. The van der Waals surface area contributed by atoms with Crippen molar-refractivity contribution < 1.29 is 14.3 Å². The minimum Gasteiger partial charge on any atom is -0.497 e. The molecule has 0 aliphatic carbocycles. The van der Waals surface area contributed by atoms with Crippen molar-refractivity contribution in [3.05, 3.63) is 78.2 Å². The lowest BCUT2D eigenvalue weighted by atomic mass is 9.76. The zero-order valence-corrected chi connectivity index (χ0v) is 17.8. The van der Waals surface area contributed by atoms with Gasteiger partial charge in [0, 0.05) is 37.2 Å². The van der Waals surface area contributed by atoms with Gasteiger partial charge in [-0.2, -0.15) is 0 Å². The molecule has 2 aromatic heterocycles. The first kappa shape index (κ1) is 21.3. The fourth-order valence-corrected chi connectivity index (χ4v) is 4.10. The average molecular weight is 431 g/mol. The number of carbonyl (C=O) groups excluding carboxylic acids is 2. The number of anilines is 2. The van der Waals surface area contributed by atoms with Crippen molar-refractivity contribution in [2.45, 2.75) is 18.3 Å². The molecule has 3 aromatic rings. The number of benzene rings is 1. The number of pyridine rings is 2. The highest BCUT2D eigenvalue weighted by atomic mass is 16.5. The van der Waals surface area contributed by atoms with E-state index in [1.807, 2.05) is 30.3 Å². The van der Waals surface area contributed by atoms with Gasteiger partial charge in [-0.15, -0.1) is 0 Å². The molecule has 1 saturated heterocycles. The summed E-state index contributed by atoms with van der Waals surface area (Å²) >= 11 is 0. The first-order chi connectivity index (χ1) is 15.5. The quantitative estimate of drug-likeness (QED) is 0.621. The highest BCUT2D eigenvalue weighted by molar-refractivity contribution is 6.00. The number of nitrogens with one attached hydrogen (secondary N) is 1. The minimum atomic E-state index is -1.02. The van der Waals surface area contributed by atoms with E-state index in [4.69, 9.17) is 10.5 Å². The normalized spacial score (nSPS) is 18.1. The van der Waals surface area contributed by atoms with Crippen LogP contribution in [0.15, 0.2) is 67.0 Å². The highest BCUT2D eigenvalue weighted by Gasteiger charge is 2.45. The van der Waals surface area contributed by atoms with E-state index in [1.54, 1.807) is 48.7 Å². The summed E-state index contributed by atoms with van der Waals surface area (Å²) in [5.74, 6) is 0.426. The Hall–Kier alpha value is -3.94. The predicted octanol–water partition coefficient (Wildman–Crippen LogP) is 2.89. The Labute approximate surface area is 186 Å². The van der Waals surface area contributed by atoms with Gasteiger partial charge in [-0.25, -0.2) is 4.98 Å². The number of methoxy groups -OCH3 is 1. The molecule has 8 nitrogen and oxygen atoms in total. The fourth-order valence-electron chi connectivity index (χ4n) is 4.10. The number of aromatic nitrogens is 2. The third kappa shape index (κ3) is 4.12. The Kier molecular flexibility index (Phi) is 6.02. The minimum absolute atomic E-state index is 0.172. The van der Waals surface area contributed by atoms with Gasteiger partial charge in [-0.1, -0.05) is 12.1 Å². The van der Waals surface area contributed by atoms with E-state index in [2.05, 4.69) is 15.3 Å². The summed E-state index contributed by atoms with van der Waals surface area (Å²) < 4.78 is 5.27. The van der Waals surface area contributed by atoms with Crippen LogP contribution in [-0.4, -0.2) is 46.9 Å². The van der Waals surface area contributed by atoms with Crippen LogP contribution >= 0.6 is 0 Å². The average Bonchev–Trinajstić information content (AvgIpc) is 2.84. The van der Waals surface area contributed by atoms with Crippen molar-refractivity contribution in [3.63, 3.8) is 0 Å². The van der Waals surface area contributed by atoms with Gasteiger partial charge in [0.05, 0.1) is 18.4 Å². The standard InChI is InChI=1S/C24H25N5O3/c1-32-18-8-4-7-17(15-18)28-21-19(9-5-13-27-21)22(30)29-14-6-11-24(16-29,23(25)31)20-10-2-3-12-26-20/h2-5,7-10,12-13,15H,6,11,14,16H2,1H3,(H2,25,31)(H,27,28)/t24-/m1/s1. The molecule has 0 bridgehead atoms. The largest absolute Gasteiger partial charge is 0.497 e. The maximum absolute atomic E-state index is 13.5. The molecule has 1 atom stereocenters. The van der Waals surface area contributed by atoms with Crippen LogP contribution in [-0.2, 0) is 10.2 Å². The molecule has 0 saturated carbocycles. The highest BCUT2D eigenvalue weighted by Crippen LogP contribution is 2.34.